The zero-order chi connectivity index (χ0) is 21.5. The quantitative estimate of drug-likeness (QED) is 0.628. The summed E-state index contributed by atoms with van der Waals surface area (Å²) in [4.78, 5) is 24.7. The molecule has 0 radical (unpaired) electrons. The van der Waals surface area contributed by atoms with E-state index in [9.17, 15) is 13.6 Å². The van der Waals surface area contributed by atoms with Crippen LogP contribution in [0, 0.1) is 11.6 Å². The van der Waals surface area contributed by atoms with Crippen LogP contribution < -0.4 is 15.1 Å². The van der Waals surface area contributed by atoms with Gasteiger partial charge >= 0.3 is 6.03 Å². The highest BCUT2D eigenvalue weighted by atomic mass is 19.1. The van der Waals surface area contributed by atoms with Gasteiger partial charge in [-0.05, 0) is 24.3 Å². The smallest absolute Gasteiger partial charge is 0.332 e. The fourth-order valence-corrected chi connectivity index (χ4v) is 2.69. The van der Waals surface area contributed by atoms with Crippen LogP contribution in [0.2, 0.25) is 0 Å². The van der Waals surface area contributed by atoms with Gasteiger partial charge in [0.25, 0.3) is 0 Å². The number of aromatic nitrogens is 2. The molecule has 1 heterocycles. The summed E-state index contributed by atoms with van der Waals surface area (Å²) in [5.74, 6) is -1.14. The molecule has 156 valence electrons. The van der Waals surface area contributed by atoms with Crippen LogP contribution >= 0.6 is 0 Å². The molecule has 1 N–H and O–H groups in total. The number of methoxy groups -OCH3 is 1. The summed E-state index contributed by atoms with van der Waals surface area (Å²) in [6, 6.07) is 12.8. The number of nitrogens with zero attached hydrogens (tertiary/aromatic N) is 4. The Hall–Kier alpha value is -3.59. The van der Waals surface area contributed by atoms with Crippen LogP contribution in [0.25, 0.3) is 0 Å². The average molecular weight is 413 g/mol. The van der Waals surface area contributed by atoms with Gasteiger partial charge in [-0.2, -0.15) is 4.98 Å². The second-order valence-electron chi connectivity index (χ2n) is 6.33. The molecule has 1 aromatic heterocycles. The molecule has 0 bridgehead atoms. The molecule has 3 aromatic rings. The van der Waals surface area contributed by atoms with E-state index in [0.29, 0.717) is 24.8 Å². The molecule has 0 fully saturated rings. The summed E-state index contributed by atoms with van der Waals surface area (Å²) < 4.78 is 33.2. The minimum Gasteiger partial charge on any atom is -0.383 e. The number of halogens is 2. The molecule has 3 rings (SSSR count). The second kappa shape index (κ2) is 9.75. The van der Waals surface area contributed by atoms with E-state index in [1.54, 1.807) is 49.4 Å². The van der Waals surface area contributed by atoms with E-state index in [1.807, 2.05) is 0 Å². The lowest BCUT2D eigenvalue weighted by Gasteiger charge is -2.24. The predicted molar refractivity (Wildman–Crippen MR) is 111 cm³/mol. The molecule has 9 heteroatoms. The molecule has 2 aromatic carbocycles. The SMILES string of the molecule is COCCN(C)c1nccc(N(C(=O)Nc2c(F)cccc2F)c2ccccc2)n1. The minimum absolute atomic E-state index is 0.240. The Balaban J connectivity index is 1.97. The van der Waals surface area contributed by atoms with Gasteiger partial charge in [0.05, 0.1) is 12.3 Å². The first-order valence-corrected chi connectivity index (χ1v) is 9.14. The van der Waals surface area contributed by atoms with E-state index in [0.717, 1.165) is 12.1 Å². The van der Waals surface area contributed by atoms with E-state index >= 15 is 0 Å². The Morgan fingerprint density at radius 2 is 1.77 bits per heavy atom. The minimum atomic E-state index is -0.876. The van der Waals surface area contributed by atoms with Crippen molar-refractivity contribution in [3.05, 3.63) is 72.4 Å². The second-order valence-corrected chi connectivity index (χ2v) is 6.33. The number of ether oxygens (including phenoxy) is 1. The van der Waals surface area contributed by atoms with E-state index in [1.165, 1.54) is 23.2 Å². The number of carbonyl (C=O) groups excluding carboxylic acids is 1. The van der Waals surface area contributed by atoms with Crippen molar-refractivity contribution in [1.82, 2.24) is 9.97 Å². The molecule has 0 aliphatic heterocycles. The number of rotatable bonds is 7. The van der Waals surface area contributed by atoms with Crippen LogP contribution in [0.15, 0.2) is 60.8 Å². The maximum Gasteiger partial charge on any atom is 0.332 e. The molecule has 0 unspecified atom stereocenters. The van der Waals surface area contributed by atoms with Crippen molar-refractivity contribution in [2.45, 2.75) is 0 Å². The maximum atomic E-state index is 14.1. The van der Waals surface area contributed by atoms with Crippen molar-refractivity contribution in [2.24, 2.45) is 0 Å². The van der Waals surface area contributed by atoms with Crippen molar-refractivity contribution in [3.63, 3.8) is 0 Å². The van der Waals surface area contributed by atoms with E-state index in [2.05, 4.69) is 15.3 Å². The lowest BCUT2D eigenvalue weighted by atomic mass is 10.2. The molecular formula is C21H21F2N5O2. The van der Waals surface area contributed by atoms with Gasteiger partial charge in [0.1, 0.15) is 23.1 Å². The standard InChI is InChI=1S/C21H21F2N5O2/c1-27(13-14-30-2)20-24-12-11-18(25-20)28(15-7-4-3-5-8-15)21(29)26-19-16(22)9-6-10-17(19)23/h3-12H,13-14H2,1-2H3,(H,26,29). The summed E-state index contributed by atoms with van der Waals surface area (Å²) >= 11 is 0. The summed E-state index contributed by atoms with van der Waals surface area (Å²) in [7, 11) is 3.38. The Morgan fingerprint density at radius 3 is 2.43 bits per heavy atom. The van der Waals surface area contributed by atoms with Crippen LogP contribution in [-0.2, 0) is 4.74 Å². The van der Waals surface area contributed by atoms with Crippen molar-refractivity contribution in [3.8, 4) is 0 Å². The highest BCUT2D eigenvalue weighted by molar-refractivity contribution is 6.06. The number of carbonyl (C=O) groups is 1. The molecule has 0 saturated heterocycles. The van der Waals surface area contributed by atoms with Crippen LogP contribution in [0.5, 0.6) is 0 Å². The molecular weight excluding hydrogens is 392 g/mol. The number of amides is 2. The largest absolute Gasteiger partial charge is 0.383 e. The van der Waals surface area contributed by atoms with Gasteiger partial charge in [-0.1, -0.05) is 24.3 Å². The van der Waals surface area contributed by atoms with Crippen molar-refractivity contribution in [1.29, 1.82) is 0 Å². The molecule has 0 aliphatic rings. The zero-order valence-corrected chi connectivity index (χ0v) is 16.5. The summed E-state index contributed by atoms with van der Waals surface area (Å²) in [5.41, 5.74) is -0.0640. The lowest BCUT2D eigenvalue weighted by Crippen LogP contribution is -2.33. The summed E-state index contributed by atoms with van der Waals surface area (Å²) in [6.45, 7) is 1.01. The van der Waals surface area contributed by atoms with Gasteiger partial charge < -0.3 is 15.0 Å². The number of likely N-dealkylation sites (N-methyl/N-ethyl adjacent to an activating group) is 1. The van der Waals surface area contributed by atoms with Gasteiger partial charge in [-0.25, -0.2) is 23.5 Å². The molecule has 0 atom stereocenters. The number of anilines is 4. The fourth-order valence-electron chi connectivity index (χ4n) is 2.69. The Bertz CT molecular complexity index is 983. The predicted octanol–water partition coefficient (Wildman–Crippen LogP) is 4.21. The Morgan fingerprint density at radius 1 is 1.07 bits per heavy atom. The van der Waals surface area contributed by atoms with Crippen molar-refractivity contribution in [2.75, 3.05) is 42.4 Å². The number of para-hydroxylation sites is 2. The maximum absolute atomic E-state index is 14.1. The highest BCUT2D eigenvalue weighted by Gasteiger charge is 2.23. The monoisotopic (exact) mass is 413 g/mol. The van der Waals surface area contributed by atoms with Crippen molar-refractivity contribution >= 4 is 29.2 Å². The topological polar surface area (TPSA) is 70.6 Å². The van der Waals surface area contributed by atoms with Gasteiger partial charge in [-0.15, -0.1) is 0 Å². The van der Waals surface area contributed by atoms with Gasteiger partial charge in [0, 0.05) is 33.0 Å². The third-order valence-electron chi connectivity index (χ3n) is 4.24. The van der Waals surface area contributed by atoms with Crippen molar-refractivity contribution < 1.29 is 18.3 Å². The molecule has 0 aliphatic carbocycles. The average Bonchev–Trinajstić information content (AvgIpc) is 2.76. The number of urea groups is 1. The van der Waals surface area contributed by atoms with Crippen LogP contribution in [0.3, 0.4) is 0 Å². The summed E-state index contributed by atoms with van der Waals surface area (Å²) in [5, 5.41) is 2.30. The van der Waals surface area contributed by atoms with E-state index in [-0.39, 0.29) is 5.82 Å². The highest BCUT2D eigenvalue weighted by Crippen LogP contribution is 2.27. The third kappa shape index (κ3) is 4.87. The Kier molecular flexibility index (Phi) is 6.87. The number of hydrogen-bond donors (Lipinski definition) is 1. The molecule has 30 heavy (non-hydrogen) atoms. The van der Waals surface area contributed by atoms with Gasteiger partial charge in [0.2, 0.25) is 5.95 Å². The lowest BCUT2D eigenvalue weighted by molar-refractivity contribution is 0.206. The normalized spacial score (nSPS) is 10.5. The van der Waals surface area contributed by atoms with Crippen LogP contribution in [0.4, 0.5) is 36.7 Å². The summed E-state index contributed by atoms with van der Waals surface area (Å²) in [6.07, 6.45) is 1.51. The first-order valence-electron chi connectivity index (χ1n) is 9.14. The van der Waals surface area contributed by atoms with Crippen LogP contribution in [0.1, 0.15) is 0 Å². The molecule has 0 saturated carbocycles. The van der Waals surface area contributed by atoms with Gasteiger partial charge in [0.15, 0.2) is 0 Å². The van der Waals surface area contributed by atoms with Crippen LogP contribution in [-0.4, -0.2) is 43.3 Å². The Labute approximate surface area is 172 Å². The third-order valence-corrected chi connectivity index (χ3v) is 4.24. The molecule has 7 nitrogen and oxygen atoms in total. The fraction of sp³-hybridized carbons (Fsp3) is 0.190. The first kappa shape index (κ1) is 21.1. The molecule has 2 amide bonds. The van der Waals surface area contributed by atoms with E-state index < -0.39 is 23.4 Å². The number of nitrogens with one attached hydrogen (secondary N) is 1. The first-order chi connectivity index (χ1) is 14.5. The van der Waals surface area contributed by atoms with E-state index in [4.69, 9.17) is 4.74 Å². The number of hydrogen-bond acceptors (Lipinski definition) is 5. The van der Waals surface area contributed by atoms with Gasteiger partial charge in [-0.3, -0.25) is 0 Å². The number of benzene rings is 2. The molecule has 0 spiro atoms. The zero-order valence-electron chi connectivity index (χ0n) is 16.5.